The Bertz CT molecular complexity index is 797. The zero-order valence-electron chi connectivity index (χ0n) is 10.9. The van der Waals surface area contributed by atoms with Crippen molar-refractivity contribution in [2.24, 2.45) is 0 Å². The van der Waals surface area contributed by atoms with Crippen LogP contribution in [-0.2, 0) is 0 Å². The van der Waals surface area contributed by atoms with Crippen LogP contribution in [0.25, 0.3) is 16.9 Å². The number of aromatic nitrogens is 2. The molecule has 0 aliphatic rings. The number of hydrogen-bond donors (Lipinski definition) is 1. The minimum Gasteiger partial charge on any atom is -0.476 e. The summed E-state index contributed by atoms with van der Waals surface area (Å²) in [6.45, 7) is 0. The number of hydrogen-bond acceptors (Lipinski definition) is 2. The molecule has 0 bridgehead atoms. The van der Waals surface area contributed by atoms with E-state index in [2.05, 4.69) is 21.0 Å². The van der Waals surface area contributed by atoms with E-state index in [0.717, 1.165) is 21.4 Å². The largest absolute Gasteiger partial charge is 0.476 e. The van der Waals surface area contributed by atoms with Gasteiger partial charge in [-0.15, -0.1) is 0 Å². The number of para-hydroxylation sites is 1. The lowest BCUT2D eigenvalue weighted by Crippen LogP contribution is -2.02. The summed E-state index contributed by atoms with van der Waals surface area (Å²) in [6.07, 6.45) is 0. The SMILES string of the molecule is O=C(O)c1cc(-c2ccccc2)n(-c2ccccc2Br)n1. The quantitative estimate of drug-likeness (QED) is 0.782. The van der Waals surface area contributed by atoms with Crippen molar-refractivity contribution in [1.29, 1.82) is 0 Å². The summed E-state index contributed by atoms with van der Waals surface area (Å²) in [5, 5.41) is 13.4. The Morgan fingerprint density at radius 3 is 2.38 bits per heavy atom. The molecule has 0 aliphatic carbocycles. The van der Waals surface area contributed by atoms with Crippen molar-refractivity contribution >= 4 is 21.9 Å². The van der Waals surface area contributed by atoms with Gasteiger partial charge in [-0.1, -0.05) is 42.5 Å². The van der Waals surface area contributed by atoms with Crippen molar-refractivity contribution in [2.45, 2.75) is 0 Å². The van der Waals surface area contributed by atoms with Gasteiger partial charge in [-0.3, -0.25) is 0 Å². The van der Waals surface area contributed by atoms with Gasteiger partial charge in [-0.05, 0) is 34.1 Å². The Morgan fingerprint density at radius 2 is 1.71 bits per heavy atom. The molecule has 0 radical (unpaired) electrons. The second-order valence-corrected chi connectivity index (χ2v) is 5.30. The van der Waals surface area contributed by atoms with Crippen molar-refractivity contribution in [1.82, 2.24) is 9.78 Å². The second-order valence-electron chi connectivity index (χ2n) is 4.45. The lowest BCUT2D eigenvalue weighted by Gasteiger charge is -2.09. The summed E-state index contributed by atoms with van der Waals surface area (Å²) < 4.78 is 2.49. The van der Waals surface area contributed by atoms with Crippen molar-refractivity contribution in [3.63, 3.8) is 0 Å². The van der Waals surface area contributed by atoms with Gasteiger partial charge in [0.15, 0.2) is 5.69 Å². The molecule has 0 atom stereocenters. The molecule has 0 aliphatic heterocycles. The van der Waals surface area contributed by atoms with Crippen LogP contribution >= 0.6 is 15.9 Å². The van der Waals surface area contributed by atoms with E-state index in [9.17, 15) is 9.90 Å². The molecule has 1 N–H and O–H groups in total. The fourth-order valence-electron chi connectivity index (χ4n) is 2.11. The van der Waals surface area contributed by atoms with Crippen LogP contribution in [0.3, 0.4) is 0 Å². The summed E-state index contributed by atoms with van der Waals surface area (Å²) in [4.78, 5) is 11.2. The first kappa shape index (κ1) is 13.6. The van der Waals surface area contributed by atoms with E-state index in [4.69, 9.17) is 0 Å². The first-order valence-electron chi connectivity index (χ1n) is 6.30. The molecular weight excluding hydrogens is 332 g/mol. The van der Waals surface area contributed by atoms with Crippen LogP contribution in [0.2, 0.25) is 0 Å². The predicted octanol–water partition coefficient (Wildman–Crippen LogP) is 4.00. The molecule has 2 aromatic carbocycles. The summed E-state index contributed by atoms with van der Waals surface area (Å²) in [7, 11) is 0. The van der Waals surface area contributed by atoms with Crippen LogP contribution in [-0.4, -0.2) is 20.9 Å². The Hall–Kier alpha value is -2.40. The number of carboxylic acid groups (broad SMARTS) is 1. The van der Waals surface area contributed by atoms with Crippen LogP contribution in [0.4, 0.5) is 0 Å². The number of benzene rings is 2. The molecular formula is C16H11BrN2O2. The number of carboxylic acids is 1. The van der Waals surface area contributed by atoms with Gasteiger partial charge in [-0.2, -0.15) is 5.10 Å². The van der Waals surface area contributed by atoms with Gasteiger partial charge < -0.3 is 5.11 Å². The third kappa shape index (κ3) is 2.60. The zero-order valence-corrected chi connectivity index (χ0v) is 12.5. The first-order chi connectivity index (χ1) is 10.2. The molecule has 0 amide bonds. The second kappa shape index (κ2) is 5.54. The topological polar surface area (TPSA) is 55.1 Å². The molecule has 0 saturated carbocycles. The Balaban J connectivity index is 2.24. The van der Waals surface area contributed by atoms with Crippen molar-refractivity contribution in [3.05, 3.63) is 70.8 Å². The normalized spacial score (nSPS) is 10.5. The summed E-state index contributed by atoms with van der Waals surface area (Å²) in [5.74, 6) is -1.04. The molecule has 0 fully saturated rings. The molecule has 3 aromatic rings. The third-order valence-corrected chi connectivity index (χ3v) is 3.75. The minimum absolute atomic E-state index is 0.0182. The van der Waals surface area contributed by atoms with Crippen LogP contribution < -0.4 is 0 Å². The van der Waals surface area contributed by atoms with Crippen LogP contribution in [0, 0.1) is 0 Å². The Morgan fingerprint density at radius 1 is 1.05 bits per heavy atom. The molecule has 1 aromatic heterocycles. The lowest BCUT2D eigenvalue weighted by atomic mass is 10.1. The van der Waals surface area contributed by atoms with Gasteiger partial charge in [0.2, 0.25) is 0 Å². The Labute approximate surface area is 129 Å². The molecule has 4 nitrogen and oxygen atoms in total. The van der Waals surface area contributed by atoms with E-state index in [1.165, 1.54) is 0 Å². The fraction of sp³-hybridized carbons (Fsp3) is 0. The molecule has 0 unspecified atom stereocenters. The van der Waals surface area contributed by atoms with Gasteiger partial charge in [0, 0.05) is 10.0 Å². The molecule has 21 heavy (non-hydrogen) atoms. The van der Waals surface area contributed by atoms with Crippen molar-refractivity contribution < 1.29 is 9.90 Å². The number of carbonyl (C=O) groups is 1. The highest BCUT2D eigenvalue weighted by Gasteiger charge is 2.16. The number of nitrogens with zero attached hydrogens (tertiary/aromatic N) is 2. The van der Waals surface area contributed by atoms with Crippen LogP contribution in [0.5, 0.6) is 0 Å². The average molecular weight is 343 g/mol. The third-order valence-electron chi connectivity index (χ3n) is 3.08. The number of halogens is 1. The maximum absolute atomic E-state index is 11.2. The zero-order chi connectivity index (χ0) is 14.8. The van der Waals surface area contributed by atoms with Crippen molar-refractivity contribution in [3.8, 4) is 16.9 Å². The summed E-state index contributed by atoms with van der Waals surface area (Å²) in [6, 6.07) is 18.7. The Kier molecular flexibility index (Phi) is 3.58. The average Bonchev–Trinajstić information content (AvgIpc) is 2.94. The van der Waals surface area contributed by atoms with E-state index in [1.54, 1.807) is 10.7 Å². The van der Waals surface area contributed by atoms with Gasteiger partial charge in [0.1, 0.15) is 0 Å². The molecule has 104 valence electrons. The molecule has 0 spiro atoms. The van der Waals surface area contributed by atoms with Gasteiger partial charge in [-0.25, -0.2) is 9.48 Å². The van der Waals surface area contributed by atoms with E-state index in [-0.39, 0.29) is 5.69 Å². The maximum Gasteiger partial charge on any atom is 0.356 e. The first-order valence-corrected chi connectivity index (χ1v) is 7.10. The van der Waals surface area contributed by atoms with E-state index in [0.29, 0.717) is 0 Å². The fourth-order valence-corrected chi connectivity index (χ4v) is 2.56. The van der Waals surface area contributed by atoms with E-state index >= 15 is 0 Å². The highest BCUT2D eigenvalue weighted by Crippen LogP contribution is 2.27. The molecule has 0 saturated heterocycles. The van der Waals surface area contributed by atoms with E-state index in [1.807, 2.05) is 54.6 Å². The van der Waals surface area contributed by atoms with E-state index < -0.39 is 5.97 Å². The van der Waals surface area contributed by atoms with Crippen molar-refractivity contribution in [2.75, 3.05) is 0 Å². The smallest absolute Gasteiger partial charge is 0.356 e. The van der Waals surface area contributed by atoms with Gasteiger partial charge in [0.25, 0.3) is 0 Å². The molecule has 5 heteroatoms. The summed E-state index contributed by atoms with van der Waals surface area (Å²) >= 11 is 3.48. The van der Waals surface area contributed by atoms with Crippen LogP contribution in [0.15, 0.2) is 65.1 Å². The predicted molar refractivity (Wildman–Crippen MR) is 83.7 cm³/mol. The molecule has 3 rings (SSSR count). The minimum atomic E-state index is -1.04. The maximum atomic E-state index is 11.2. The lowest BCUT2D eigenvalue weighted by molar-refractivity contribution is 0.0690. The van der Waals surface area contributed by atoms with Crippen LogP contribution in [0.1, 0.15) is 10.5 Å². The highest BCUT2D eigenvalue weighted by molar-refractivity contribution is 9.10. The molecule has 1 heterocycles. The highest BCUT2D eigenvalue weighted by atomic mass is 79.9. The number of aromatic carboxylic acids is 1. The summed E-state index contributed by atoms with van der Waals surface area (Å²) in [5.41, 5.74) is 2.46. The monoisotopic (exact) mass is 342 g/mol. The van der Waals surface area contributed by atoms with Gasteiger partial charge >= 0.3 is 5.97 Å². The van der Waals surface area contributed by atoms with Gasteiger partial charge in [0.05, 0.1) is 11.4 Å². The standard InChI is InChI=1S/C16H11BrN2O2/c17-12-8-4-5-9-14(12)19-15(10-13(18-19)16(20)21)11-6-2-1-3-7-11/h1-10H,(H,20,21). The number of rotatable bonds is 3.